The van der Waals surface area contributed by atoms with E-state index < -0.39 is 0 Å². The number of ether oxygens (including phenoxy) is 2. The molecule has 0 radical (unpaired) electrons. The van der Waals surface area contributed by atoms with Crippen LogP contribution >= 0.6 is 0 Å². The number of nitrogens with zero attached hydrogens (tertiary/aromatic N) is 4. The molecule has 2 saturated heterocycles. The maximum atomic E-state index is 12.5. The van der Waals surface area contributed by atoms with E-state index in [-0.39, 0.29) is 12.0 Å². The average molecular weight is 320 g/mol. The van der Waals surface area contributed by atoms with Crippen molar-refractivity contribution in [3.63, 3.8) is 0 Å². The molecule has 7 heteroatoms. The van der Waals surface area contributed by atoms with E-state index in [1.165, 1.54) is 12.4 Å². The van der Waals surface area contributed by atoms with Crippen molar-refractivity contribution in [1.82, 2.24) is 19.8 Å². The van der Waals surface area contributed by atoms with Crippen LogP contribution in [0.25, 0.3) is 0 Å². The van der Waals surface area contributed by atoms with Gasteiger partial charge in [-0.1, -0.05) is 0 Å². The predicted octanol–water partition coefficient (Wildman–Crippen LogP) is 0.811. The Balaban J connectivity index is 1.55. The van der Waals surface area contributed by atoms with Crippen molar-refractivity contribution < 1.29 is 14.3 Å². The molecule has 2 aliphatic rings. The van der Waals surface area contributed by atoms with Gasteiger partial charge >= 0.3 is 0 Å². The van der Waals surface area contributed by atoms with Crippen molar-refractivity contribution in [3.8, 4) is 5.88 Å². The van der Waals surface area contributed by atoms with E-state index in [4.69, 9.17) is 9.47 Å². The predicted molar refractivity (Wildman–Crippen MR) is 84.5 cm³/mol. The Hall–Kier alpha value is -1.73. The lowest BCUT2D eigenvalue weighted by Crippen LogP contribution is -2.50. The summed E-state index contributed by atoms with van der Waals surface area (Å²) in [4.78, 5) is 25.1. The number of carbonyl (C=O) groups is 1. The van der Waals surface area contributed by atoms with Gasteiger partial charge in [0, 0.05) is 38.6 Å². The second kappa shape index (κ2) is 7.23. The normalized spacial score (nSPS) is 22.6. The minimum absolute atomic E-state index is 0.0370. The van der Waals surface area contributed by atoms with Gasteiger partial charge in [-0.3, -0.25) is 9.69 Å². The zero-order valence-corrected chi connectivity index (χ0v) is 13.8. The molecule has 126 valence electrons. The fourth-order valence-electron chi connectivity index (χ4n) is 2.87. The molecule has 0 bridgehead atoms. The Kier molecular flexibility index (Phi) is 5.07. The molecule has 0 aromatic carbocycles. The minimum atomic E-state index is -0.0587. The molecule has 2 aliphatic heterocycles. The number of hydrogen-bond donors (Lipinski definition) is 0. The number of carbonyl (C=O) groups excluding carboxylic acids is 1. The van der Waals surface area contributed by atoms with Gasteiger partial charge in [-0.25, -0.2) is 9.97 Å². The van der Waals surface area contributed by atoms with E-state index in [9.17, 15) is 4.79 Å². The van der Waals surface area contributed by atoms with E-state index in [0.29, 0.717) is 24.2 Å². The summed E-state index contributed by atoms with van der Waals surface area (Å²) in [5.41, 5.74) is 0.373. The molecule has 1 aromatic heterocycles. The zero-order valence-electron chi connectivity index (χ0n) is 13.8. The summed E-state index contributed by atoms with van der Waals surface area (Å²) in [5.74, 6) is 0.387. The van der Waals surface area contributed by atoms with Gasteiger partial charge < -0.3 is 14.4 Å². The molecule has 2 fully saturated rings. The van der Waals surface area contributed by atoms with E-state index in [1.807, 2.05) is 4.90 Å². The second-order valence-corrected chi connectivity index (χ2v) is 6.27. The van der Waals surface area contributed by atoms with Gasteiger partial charge in [0.05, 0.1) is 25.6 Å². The Bertz CT molecular complexity index is 521. The van der Waals surface area contributed by atoms with Crippen molar-refractivity contribution in [2.24, 2.45) is 0 Å². The third-order valence-corrected chi connectivity index (χ3v) is 4.35. The highest BCUT2D eigenvalue weighted by Gasteiger charge is 2.24. The number of hydrogen-bond acceptors (Lipinski definition) is 6. The average Bonchev–Trinajstić information content (AvgIpc) is 3.08. The van der Waals surface area contributed by atoms with Gasteiger partial charge in [-0.15, -0.1) is 0 Å². The van der Waals surface area contributed by atoms with Crippen LogP contribution in [0.2, 0.25) is 0 Å². The van der Waals surface area contributed by atoms with Crippen LogP contribution in [-0.4, -0.2) is 77.2 Å². The van der Waals surface area contributed by atoms with Gasteiger partial charge in [-0.05, 0) is 13.8 Å². The van der Waals surface area contributed by atoms with Crippen LogP contribution in [0.4, 0.5) is 0 Å². The van der Waals surface area contributed by atoms with E-state index in [0.717, 1.165) is 39.2 Å². The maximum Gasteiger partial charge on any atom is 0.274 e. The lowest BCUT2D eigenvalue weighted by molar-refractivity contribution is 0.0589. The van der Waals surface area contributed by atoms with E-state index >= 15 is 0 Å². The van der Waals surface area contributed by atoms with Gasteiger partial charge in [0.1, 0.15) is 11.8 Å². The first-order chi connectivity index (χ1) is 11.1. The first-order valence-corrected chi connectivity index (χ1v) is 8.23. The summed E-state index contributed by atoms with van der Waals surface area (Å²) < 4.78 is 10.9. The molecule has 1 aromatic rings. The van der Waals surface area contributed by atoms with Crippen LogP contribution in [0.5, 0.6) is 5.88 Å². The number of amides is 1. The Morgan fingerprint density at radius 2 is 2.04 bits per heavy atom. The van der Waals surface area contributed by atoms with Gasteiger partial charge in [0.2, 0.25) is 5.88 Å². The fourth-order valence-corrected chi connectivity index (χ4v) is 2.87. The lowest BCUT2D eigenvalue weighted by atomic mass is 10.2. The number of piperazine rings is 1. The third kappa shape index (κ3) is 3.97. The fraction of sp³-hybridized carbons (Fsp3) is 0.688. The molecule has 0 saturated carbocycles. The number of aromatic nitrogens is 2. The van der Waals surface area contributed by atoms with Gasteiger partial charge in [-0.2, -0.15) is 0 Å². The summed E-state index contributed by atoms with van der Waals surface area (Å²) in [6.45, 7) is 8.93. The van der Waals surface area contributed by atoms with E-state index in [2.05, 4.69) is 28.7 Å². The Labute approximate surface area is 136 Å². The van der Waals surface area contributed by atoms with Crippen LogP contribution in [-0.2, 0) is 4.74 Å². The minimum Gasteiger partial charge on any atom is -0.471 e. The first kappa shape index (κ1) is 16.1. The first-order valence-electron chi connectivity index (χ1n) is 8.23. The highest BCUT2D eigenvalue weighted by atomic mass is 16.5. The molecular weight excluding hydrogens is 296 g/mol. The van der Waals surface area contributed by atoms with Crippen LogP contribution < -0.4 is 4.74 Å². The van der Waals surface area contributed by atoms with Crippen molar-refractivity contribution in [3.05, 3.63) is 18.1 Å². The van der Waals surface area contributed by atoms with Crippen molar-refractivity contribution in [1.29, 1.82) is 0 Å². The van der Waals surface area contributed by atoms with Crippen LogP contribution in [0, 0.1) is 0 Å². The quantitative estimate of drug-likeness (QED) is 0.818. The largest absolute Gasteiger partial charge is 0.471 e. The highest BCUT2D eigenvalue weighted by molar-refractivity contribution is 5.92. The molecule has 1 amide bonds. The highest BCUT2D eigenvalue weighted by Crippen LogP contribution is 2.14. The molecular formula is C16H24N4O3. The molecule has 1 atom stereocenters. The molecule has 1 unspecified atom stereocenters. The molecule has 3 rings (SSSR count). The van der Waals surface area contributed by atoms with Crippen molar-refractivity contribution in [2.45, 2.75) is 32.4 Å². The van der Waals surface area contributed by atoms with Crippen molar-refractivity contribution >= 4 is 5.91 Å². The number of rotatable bonds is 4. The molecule has 23 heavy (non-hydrogen) atoms. The third-order valence-electron chi connectivity index (χ3n) is 4.35. The summed E-state index contributed by atoms with van der Waals surface area (Å²) in [7, 11) is 0. The standard InChI is InChI=1S/C16H24N4O3/c1-12(2)19-4-6-20(7-5-19)16(21)14-9-18-15(10-17-14)23-13-3-8-22-11-13/h9-10,12-13H,3-8,11H2,1-2H3. The SMILES string of the molecule is CC(C)N1CCN(C(=O)c2cnc(OC3CCOC3)cn2)CC1. The summed E-state index contributed by atoms with van der Waals surface area (Å²) in [5, 5.41) is 0. The zero-order chi connectivity index (χ0) is 16.2. The summed E-state index contributed by atoms with van der Waals surface area (Å²) in [6, 6.07) is 0.517. The Morgan fingerprint density at radius 1 is 1.26 bits per heavy atom. The van der Waals surface area contributed by atoms with E-state index in [1.54, 1.807) is 0 Å². The molecule has 0 aliphatic carbocycles. The van der Waals surface area contributed by atoms with Crippen molar-refractivity contribution in [2.75, 3.05) is 39.4 Å². The lowest BCUT2D eigenvalue weighted by Gasteiger charge is -2.36. The summed E-state index contributed by atoms with van der Waals surface area (Å²) in [6.07, 6.45) is 3.93. The summed E-state index contributed by atoms with van der Waals surface area (Å²) >= 11 is 0. The molecule has 0 spiro atoms. The second-order valence-electron chi connectivity index (χ2n) is 6.27. The topological polar surface area (TPSA) is 67.8 Å². The van der Waals surface area contributed by atoms with Gasteiger partial charge in [0.25, 0.3) is 5.91 Å². The molecule has 3 heterocycles. The van der Waals surface area contributed by atoms with Crippen LogP contribution in [0.3, 0.4) is 0 Å². The molecule has 0 N–H and O–H groups in total. The Morgan fingerprint density at radius 3 is 2.61 bits per heavy atom. The smallest absolute Gasteiger partial charge is 0.274 e. The van der Waals surface area contributed by atoms with Gasteiger partial charge in [0.15, 0.2) is 0 Å². The van der Waals surface area contributed by atoms with Crippen LogP contribution in [0.15, 0.2) is 12.4 Å². The monoisotopic (exact) mass is 320 g/mol. The maximum absolute atomic E-state index is 12.5. The molecule has 7 nitrogen and oxygen atoms in total. The van der Waals surface area contributed by atoms with Crippen LogP contribution in [0.1, 0.15) is 30.8 Å².